The third-order valence-electron chi connectivity index (χ3n) is 5.33. The molecule has 1 fully saturated rings. The number of piperidine rings is 1. The molecule has 3 rings (SSSR count). The molecule has 0 saturated carbocycles. The second-order valence-corrected chi connectivity index (χ2v) is 8.41. The molecule has 5 heteroatoms. The molecular formula is C25H34N2O3. The van der Waals surface area contributed by atoms with Crippen LogP contribution in [0.1, 0.15) is 54.6 Å². The Labute approximate surface area is 180 Å². The summed E-state index contributed by atoms with van der Waals surface area (Å²) in [5.41, 5.74) is 2.98. The van der Waals surface area contributed by atoms with Gasteiger partial charge in [-0.2, -0.15) is 0 Å². The van der Waals surface area contributed by atoms with Gasteiger partial charge in [-0.25, -0.2) is 0 Å². The summed E-state index contributed by atoms with van der Waals surface area (Å²) in [5, 5.41) is 2.99. The van der Waals surface area contributed by atoms with E-state index in [1.807, 2.05) is 0 Å². The minimum absolute atomic E-state index is 0.124. The van der Waals surface area contributed by atoms with E-state index < -0.39 is 0 Å². The highest BCUT2D eigenvalue weighted by molar-refractivity contribution is 5.94. The molecule has 5 nitrogen and oxygen atoms in total. The highest BCUT2D eigenvalue weighted by Crippen LogP contribution is 2.28. The molecule has 1 saturated heterocycles. The van der Waals surface area contributed by atoms with E-state index in [-0.39, 0.29) is 5.91 Å². The van der Waals surface area contributed by atoms with Gasteiger partial charge in [0.1, 0.15) is 0 Å². The second kappa shape index (κ2) is 11.0. The van der Waals surface area contributed by atoms with Crippen LogP contribution in [-0.2, 0) is 13.1 Å². The maximum Gasteiger partial charge on any atom is 0.251 e. The van der Waals surface area contributed by atoms with Crippen molar-refractivity contribution in [1.82, 2.24) is 10.2 Å². The Hall–Kier alpha value is -2.53. The van der Waals surface area contributed by atoms with Crippen molar-refractivity contribution in [3.8, 4) is 11.5 Å². The minimum Gasteiger partial charge on any atom is -0.493 e. The summed E-state index contributed by atoms with van der Waals surface area (Å²) in [4.78, 5) is 15.1. The lowest BCUT2D eigenvalue weighted by molar-refractivity contribution is 0.0950. The summed E-state index contributed by atoms with van der Waals surface area (Å²) in [6.45, 7) is 8.69. The maximum absolute atomic E-state index is 12.6. The zero-order valence-corrected chi connectivity index (χ0v) is 18.4. The number of nitrogens with zero attached hydrogens (tertiary/aromatic N) is 1. The van der Waals surface area contributed by atoms with Crippen molar-refractivity contribution in [2.24, 2.45) is 5.92 Å². The zero-order valence-electron chi connectivity index (χ0n) is 18.4. The van der Waals surface area contributed by atoms with Crippen LogP contribution in [-0.4, -0.2) is 37.6 Å². The molecule has 1 N–H and O–H groups in total. The van der Waals surface area contributed by atoms with Crippen LogP contribution >= 0.6 is 0 Å². The summed E-state index contributed by atoms with van der Waals surface area (Å²) < 4.78 is 11.2. The molecule has 2 aromatic rings. The number of carbonyl (C=O) groups excluding carboxylic acids is 1. The Morgan fingerprint density at radius 3 is 2.37 bits per heavy atom. The van der Waals surface area contributed by atoms with Gasteiger partial charge >= 0.3 is 0 Å². The van der Waals surface area contributed by atoms with Gasteiger partial charge in [-0.3, -0.25) is 9.69 Å². The number of rotatable bonds is 9. The number of benzene rings is 2. The molecule has 2 aromatic carbocycles. The van der Waals surface area contributed by atoms with Crippen LogP contribution in [0.2, 0.25) is 0 Å². The maximum atomic E-state index is 12.6. The van der Waals surface area contributed by atoms with E-state index in [1.165, 1.54) is 37.9 Å². The first-order valence-electron chi connectivity index (χ1n) is 10.9. The molecule has 0 aliphatic carbocycles. The standard InChI is InChI=1S/C25H34N2O3/c1-19(2)18-30-23-12-11-22(15-24(23)29-3)25(28)26-16-20-7-9-21(10-8-20)17-27-13-5-4-6-14-27/h7-12,15,19H,4-6,13-14,16-18H2,1-3H3,(H,26,28). The fourth-order valence-electron chi connectivity index (χ4n) is 3.61. The Morgan fingerprint density at radius 1 is 1.00 bits per heavy atom. The minimum atomic E-state index is -0.124. The van der Waals surface area contributed by atoms with Crippen LogP contribution in [0.25, 0.3) is 0 Å². The summed E-state index contributed by atoms with van der Waals surface area (Å²) in [5.74, 6) is 1.53. The van der Waals surface area contributed by atoms with E-state index in [9.17, 15) is 4.79 Å². The van der Waals surface area contributed by atoms with E-state index in [1.54, 1.807) is 25.3 Å². The quantitative estimate of drug-likeness (QED) is 0.654. The van der Waals surface area contributed by atoms with E-state index in [0.29, 0.717) is 36.1 Å². The highest BCUT2D eigenvalue weighted by atomic mass is 16.5. The van der Waals surface area contributed by atoms with Gasteiger partial charge in [-0.1, -0.05) is 44.5 Å². The lowest BCUT2D eigenvalue weighted by atomic mass is 10.1. The molecule has 30 heavy (non-hydrogen) atoms. The number of carbonyl (C=O) groups is 1. The first-order valence-corrected chi connectivity index (χ1v) is 10.9. The smallest absolute Gasteiger partial charge is 0.251 e. The molecular weight excluding hydrogens is 376 g/mol. The van der Waals surface area contributed by atoms with Crippen LogP contribution in [0.4, 0.5) is 0 Å². The number of methoxy groups -OCH3 is 1. The Bertz CT molecular complexity index is 812. The van der Waals surface area contributed by atoms with Crippen LogP contribution in [0.5, 0.6) is 11.5 Å². The Balaban J connectivity index is 1.53. The van der Waals surface area contributed by atoms with Crippen molar-refractivity contribution in [2.45, 2.75) is 46.2 Å². The van der Waals surface area contributed by atoms with Crippen molar-refractivity contribution in [2.75, 3.05) is 26.8 Å². The van der Waals surface area contributed by atoms with Gasteiger partial charge in [-0.15, -0.1) is 0 Å². The normalized spacial score (nSPS) is 14.5. The monoisotopic (exact) mass is 410 g/mol. The molecule has 0 atom stereocenters. The third-order valence-corrected chi connectivity index (χ3v) is 5.33. The lowest BCUT2D eigenvalue weighted by Crippen LogP contribution is -2.29. The van der Waals surface area contributed by atoms with Crippen molar-refractivity contribution >= 4 is 5.91 Å². The third kappa shape index (κ3) is 6.49. The average molecular weight is 411 g/mol. The topological polar surface area (TPSA) is 50.8 Å². The number of hydrogen-bond donors (Lipinski definition) is 1. The first-order chi connectivity index (χ1) is 14.5. The molecule has 1 amide bonds. The van der Waals surface area contributed by atoms with E-state index in [4.69, 9.17) is 9.47 Å². The van der Waals surface area contributed by atoms with Crippen LogP contribution in [0, 0.1) is 5.92 Å². The van der Waals surface area contributed by atoms with Crippen molar-refractivity contribution in [1.29, 1.82) is 0 Å². The number of ether oxygens (including phenoxy) is 2. The Morgan fingerprint density at radius 2 is 1.70 bits per heavy atom. The summed E-state index contributed by atoms with van der Waals surface area (Å²) in [6.07, 6.45) is 3.97. The van der Waals surface area contributed by atoms with Gasteiger partial charge in [0.2, 0.25) is 0 Å². The van der Waals surface area contributed by atoms with Gasteiger partial charge in [0.05, 0.1) is 13.7 Å². The SMILES string of the molecule is COc1cc(C(=O)NCc2ccc(CN3CCCCC3)cc2)ccc1OCC(C)C. The predicted molar refractivity (Wildman–Crippen MR) is 120 cm³/mol. The number of likely N-dealkylation sites (tertiary alicyclic amines) is 1. The fourth-order valence-corrected chi connectivity index (χ4v) is 3.61. The molecule has 0 bridgehead atoms. The average Bonchev–Trinajstić information content (AvgIpc) is 2.77. The first kappa shape index (κ1) is 22.2. The summed E-state index contributed by atoms with van der Waals surface area (Å²) in [6, 6.07) is 13.8. The van der Waals surface area contributed by atoms with Crippen LogP contribution in [0.15, 0.2) is 42.5 Å². The zero-order chi connectivity index (χ0) is 21.3. The van der Waals surface area contributed by atoms with Crippen LogP contribution in [0.3, 0.4) is 0 Å². The number of nitrogens with one attached hydrogen (secondary N) is 1. The predicted octanol–water partition coefficient (Wildman–Crippen LogP) is 4.65. The largest absolute Gasteiger partial charge is 0.493 e. The number of hydrogen-bond acceptors (Lipinski definition) is 4. The summed E-state index contributed by atoms with van der Waals surface area (Å²) in [7, 11) is 1.59. The van der Waals surface area contributed by atoms with Crippen molar-refractivity contribution in [3.05, 3.63) is 59.2 Å². The van der Waals surface area contributed by atoms with Gasteiger partial charge in [-0.05, 0) is 61.2 Å². The van der Waals surface area contributed by atoms with Crippen LogP contribution < -0.4 is 14.8 Å². The van der Waals surface area contributed by atoms with Gasteiger partial charge in [0.25, 0.3) is 5.91 Å². The van der Waals surface area contributed by atoms with E-state index >= 15 is 0 Å². The highest BCUT2D eigenvalue weighted by Gasteiger charge is 2.13. The molecule has 162 valence electrons. The van der Waals surface area contributed by atoms with E-state index in [2.05, 4.69) is 48.3 Å². The Kier molecular flexibility index (Phi) is 8.14. The molecule has 0 aromatic heterocycles. The molecule has 1 aliphatic heterocycles. The van der Waals surface area contributed by atoms with Crippen molar-refractivity contribution < 1.29 is 14.3 Å². The molecule has 0 unspecified atom stereocenters. The summed E-state index contributed by atoms with van der Waals surface area (Å²) >= 11 is 0. The van der Waals surface area contributed by atoms with Gasteiger partial charge in [0.15, 0.2) is 11.5 Å². The molecule has 0 spiro atoms. The molecule has 1 aliphatic rings. The van der Waals surface area contributed by atoms with E-state index in [0.717, 1.165) is 12.1 Å². The molecule has 0 radical (unpaired) electrons. The number of amides is 1. The van der Waals surface area contributed by atoms with Gasteiger partial charge in [0, 0.05) is 18.7 Å². The fraction of sp³-hybridized carbons (Fsp3) is 0.480. The lowest BCUT2D eigenvalue weighted by Gasteiger charge is -2.26. The van der Waals surface area contributed by atoms with Crippen molar-refractivity contribution in [3.63, 3.8) is 0 Å². The molecule has 1 heterocycles. The van der Waals surface area contributed by atoms with Gasteiger partial charge < -0.3 is 14.8 Å². The second-order valence-electron chi connectivity index (χ2n) is 8.41.